The summed E-state index contributed by atoms with van der Waals surface area (Å²) in [5.74, 6) is 1.30. The molecule has 0 saturated heterocycles. The van der Waals surface area contributed by atoms with Crippen molar-refractivity contribution < 1.29 is 14.2 Å². The minimum atomic E-state index is -0.486. The molecule has 0 amide bonds. The fraction of sp³-hybridized carbons (Fsp3) is 0.111. The van der Waals surface area contributed by atoms with Crippen LogP contribution < -0.4 is 19.9 Å². The van der Waals surface area contributed by atoms with Gasteiger partial charge in [-0.1, -0.05) is 60.7 Å². The van der Waals surface area contributed by atoms with Crippen LogP contribution >= 0.6 is 0 Å². The van der Waals surface area contributed by atoms with Gasteiger partial charge in [0.15, 0.2) is 0 Å². The molecule has 0 bridgehead atoms. The number of H-pyrrole nitrogens is 1. The fourth-order valence-electron chi connectivity index (χ4n) is 4.17. The Morgan fingerprint density at radius 3 is 2.50 bits per heavy atom. The first-order chi connectivity index (χ1) is 16.7. The lowest BCUT2D eigenvalue weighted by molar-refractivity contribution is 0.299. The second-order valence-corrected chi connectivity index (χ2v) is 7.77. The quantitative estimate of drug-likeness (QED) is 0.434. The second-order valence-electron chi connectivity index (χ2n) is 7.77. The molecule has 34 heavy (non-hydrogen) atoms. The van der Waals surface area contributed by atoms with E-state index in [1.807, 2.05) is 78.9 Å². The number of hydrogen-bond acceptors (Lipinski definition) is 6. The Balaban J connectivity index is 1.57. The van der Waals surface area contributed by atoms with E-state index in [1.165, 1.54) is 0 Å². The number of fused-ring (bicyclic) bond motifs is 1. The molecule has 0 aliphatic carbocycles. The van der Waals surface area contributed by atoms with E-state index in [4.69, 9.17) is 19.9 Å². The van der Waals surface area contributed by atoms with E-state index in [1.54, 1.807) is 7.11 Å². The Kier molecular flexibility index (Phi) is 5.63. The minimum absolute atomic E-state index is 0.0353. The van der Waals surface area contributed by atoms with Gasteiger partial charge < -0.3 is 19.9 Å². The van der Waals surface area contributed by atoms with Gasteiger partial charge in [0.2, 0.25) is 11.8 Å². The van der Waals surface area contributed by atoms with Crippen LogP contribution in [0.4, 0.5) is 0 Å². The third-order valence-corrected chi connectivity index (χ3v) is 5.79. The second kappa shape index (κ2) is 9.04. The molecule has 1 aromatic heterocycles. The predicted molar refractivity (Wildman–Crippen MR) is 127 cm³/mol. The van der Waals surface area contributed by atoms with Crippen molar-refractivity contribution in [3.63, 3.8) is 0 Å². The van der Waals surface area contributed by atoms with Gasteiger partial charge in [-0.2, -0.15) is 5.26 Å². The molecule has 0 saturated carbocycles. The van der Waals surface area contributed by atoms with Crippen molar-refractivity contribution in [3.8, 4) is 34.6 Å². The number of aromatic amines is 1. The summed E-state index contributed by atoms with van der Waals surface area (Å²) in [4.78, 5) is 0. The lowest BCUT2D eigenvalue weighted by Gasteiger charge is -2.25. The normalized spacial score (nSPS) is 14.6. The van der Waals surface area contributed by atoms with Crippen LogP contribution in [0.5, 0.6) is 17.4 Å². The highest BCUT2D eigenvalue weighted by Crippen LogP contribution is 2.45. The average molecular weight is 450 g/mol. The van der Waals surface area contributed by atoms with Gasteiger partial charge in [-0.25, -0.2) is 0 Å². The first-order valence-corrected chi connectivity index (χ1v) is 10.8. The maximum atomic E-state index is 9.95. The van der Waals surface area contributed by atoms with Gasteiger partial charge in [-0.05, 0) is 29.3 Å². The lowest BCUT2D eigenvalue weighted by atomic mass is 9.83. The summed E-state index contributed by atoms with van der Waals surface area (Å²) in [6.07, 6.45) is 0. The molecular formula is C27H22N4O3. The Labute approximate surface area is 197 Å². The molecule has 3 N–H and O–H groups in total. The average Bonchev–Trinajstić information content (AvgIpc) is 3.29. The number of ether oxygens (including phenoxy) is 3. The highest BCUT2D eigenvalue weighted by atomic mass is 16.5. The number of aromatic nitrogens is 2. The molecule has 1 atom stereocenters. The third kappa shape index (κ3) is 3.82. The molecule has 1 aliphatic rings. The SMILES string of the molecule is COc1cc([C@@H]2C(C#N)=C(N)Oc3n[nH]c(COc4ccccc4)c32)ccc1-c1ccccc1. The maximum absolute atomic E-state index is 9.95. The number of nitrogens with zero attached hydrogens (tertiary/aromatic N) is 2. The number of hydrogen-bond donors (Lipinski definition) is 2. The van der Waals surface area contributed by atoms with E-state index in [0.717, 1.165) is 28.0 Å². The molecule has 4 aromatic rings. The van der Waals surface area contributed by atoms with Crippen molar-refractivity contribution in [3.05, 3.63) is 107 Å². The lowest BCUT2D eigenvalue weighted by Crippen LogP contribution is -2.21. The highest BCUT2D eigenvalue weighted by molar-refractivity contribution is 5.72. The topological polar surface area (TPSA) is 106 Å². The maximum Gasteiger partial charge on any atom is 0.244 e. The van der Waals surface area contributed by atoms with E-state index in [0.29, 0.717) is 22.9 Å². The summed E-state index contributed by atoms with van der Waals surface area (Å²) in [5.41, 5.74) is 10.7. The van der Waals surface area contributed by atoms with Gasteiger partial charge in [0.05, 0.1) is 24.3 Å². The van der Waals surface area contributed by atoms with Gasteiger partial charge in [0, 0.05) is 5.56 Å². The summed E-state index contributed by atoms with van der Waals surface area (Å²) in [6, 6.07) is 27.6. The van der Waals surface area contributed by atoms with Crippen molar-refractivity contribution in [2.24, 2.45) is 5.73 Å². The molecule has 7 heteroatoms. The summed E-state index contributed by atoms with van der Waals surface area (Å²) in [6.45, 7) is 0.226. The number of benzene rings is 3. The Hall–Kier alpha value is -4.70. The van der Waals surface area contributed by atoms with Gasteiger partial charge in [0.25, 0.3) is 0 Å². The molecule has 0 unspecified atom stereocenters. The van der Waals surface area contributed by atoms with Crippen LogP contribution in [-0.4, -0.2) is 17.3 Å². The standard InChI is InChI=1S/C27H22N4O3/c1-32-23-14-18(12-13-20(23)17-8-4-2-5-9-17)24-21(15-28)26(29)34-27-25(24)22(30-31-27)16-33-19-10-6-3-7-11-19/h2-14,24H,16,29H2,1H3,(H,30,31)/t24-/m1/s1. The number of nitrogens with two attached hydrogens (primary N) is 1. The first-order valence-electron chi connectivity index (χ1n) is 10.8. The molecule has 0 fully saturated rings. The largest absolute Gasteiger partial charge is 0.496 e. The van der Waals surface area contributed by atoms with Gasteiger partial charge in [0.1, 0.15) is 29.7 Å². The molecule has 5 rings (SSSR count). The molecule has 2 heterocycles. The zero-order valence-corrected chi connectivity index (χ0v) is 18.5. The van der Waals surface area contributed by atoms with Gasteiger partial charge >= 0.3 is 0 Å². The summed E-state index contributed by atoms with van der Waals surface area (Å²) in [7, 11) is 1.63. The van der Waals surface area contributed by atoms with Crippen molar-refractivity contribution in [2.45, 2.75) is 12.5 Å². The summed E-state index contributed by atoms with van der Waals surface area (Å²) < 4.78 is 17.3. The van der Waals surface area contributed by atoms with Crippen LogP contribution in [0.2, 0.25) is 0 Å². The van der Waals surface area contributed by atoms with Crippen LogP contribution in [0.3, 0.4) is 0 Å². The predicted octanol–water partition coefficient (Wildman–Crippen LogP) is 4.88. The molecular weight excluding hydrogens is 428 g/mol. The molecule has 168 valence electrons. The zero-order valence-electron chi connectivity index (χ0n) is 18.5. The van der Waals surface area contributed by atoms with E-state index in [-0.39, 0.29) is 12.5 Å². The Morgan fingerprint density at radius 1 is 1.06 bits per heavy atom. The van der Waals surface area contributed by atoms with E-state index >= 15 is 0 Å². The zero-order chi connectivity index (χ0) is 23.5. The minimum Gasteiger partial charge on any atom is -0.496 e. The van der Waals surface area contributed by atoms with Crippen LogP contribution in [0.15, 0.2) is 90.3 Å². The number of methoxy groups -OCH3 is 1. The van der Waals surface area contributed by atoms with Crippen molar-refractivity contribution in [1.82, 2.24) is 10.2 Å². The monoisotopic (exact) mass is 450 g/mol. The fourth-order valence-corrected chi connectivity index (χ4v) is 4.17. The molecule has 3 aromatic carbocycles. The van der Waals surface area contributed by atoms with E-state index in [9.17, 15) is 5.26 Å². The van der Waals surface area contributed by atoms with Crippen LogP contribution in [-0.2, 0) is 6.61 Å². The van der Waals surface area contributed by atoms with Gasteiger partial charge in [-0.15, -0.1) is 5.10 Å². The molecule has 0 spiro atoms. The Morgan fingerprint density at radius 2 is 1.79 bits per heavy atom. The highest BCUT2D eigenvalue weighted by Gasteiger charge is 2.35. The van der Waals surface area contributed by atoms with Crippen LogP contribution in [0.1, 0.15) is 22.7 Å². The van der Waals surface area contributed by atoms with Crippen LogP contribution in [0, 0.1) is 11.3 Å². The third-order valence-electron chi connectivity index (χ3n) is 5.79. The number of rotatable bonds is 6. The van der Waals surface area contributed by atoms with E-state index in [2.05, 4.69) is 16.3 Å². The molecule has 0 radical (unpaired) electrons. The Bertz CT molecular complexity index is 1390. The first kappa shape index (κ1) is 21.2. The van der Waals surface area contributed by atoms with Gasteiger partial charge in [-0.3, -0.25) is 5.10 Å². The number of allylic oxidation sites excluding steroid dienone is 1. The van der Waals surface area contributed by atoms with Crippen LogP contribution in [0.25, 0.3) is 11.1 Å². The van der Waals surface area contributed by atoms with Crippen molar-refractivity contribution in [1.29, 1.82) is 5.26 Å². The van der Waals surface area contributed by atoms with Crippen molar-refractivity contribution in [2.75, 3.05) is 7.11 Å². The summed E-state index contributed by atoms with van der Waals surface area (Å²) >= 11 is 0. The molecule has 1 aliphatic heterocycles. The summed E-state index contributed by atoms with van der Waals surface area (Å²) in [5, 5.41) is 17.2. The smallest absolute Gasteiger partial charge is 0.244 e. The molecule has 7 nitrogen and oxygen atoms in total. The number of nitriles is 1. The van der Waals surface area contributed by atoms with E-state index < -0.39 is 5.92 Å². The number of nitrogens with one attached hydrogen (secondary N) is 1. The van der Waals surface area contributed by atoms with Crippen molar-refractivity contribution >= 4 is 0 Å². The number of para-hydroxylation sites is 1.